The number of rotatable bonds is 7. The predicted octanol–water partition coefficient (Wildman–Crippen LogP) is 5.41. The summed E-state index contributed by atoms with van der Waals surface area (Å²) in [6.45, 7) is 4.19. The van der Waals surface area contributed by atoms with E-state index in [4.69, 9.17) is 0 Å². The lowest BCUT2D eigenvalue weighted by atomic mass is 10.1. The second-order valence-corrected chi connectivity index (χ2v) is 9.33. The van der Waals surface area contributed by atoms with Crippen molar-refractivity contribution in [2.45, 2.75) is 37.4 Å². The van der Waals surface area contributed by atoms with Crippen LogP contribution in [-0.2, 0) is 0 Å². The summed E-state index contributed by atoms with van der Waals surface area (Å²) < 4.78 is 15.6. The van der Waals surface area contributed by atoms with Crippen LogP contribution in [0.2, 0.25) is 0 Å². The number of ketones is 1. The Morgan fingerprint density at radius 2 is 1.85 bits per heavy atom. The Kier molecular flexibility index (Phi) is 6.28. The number of para-hydroxylation sites is 1. The van der Waals surface area contributed by atoms with Gasteiger partial charge in [-0.3, -0.25) is 14.3 Å². The Hall–Kier alpha value is -2.97. The van der Waals surface area contributed by atoms with E-state index in [0.717, 1.165) is 35.5 Å². The molecule has 33 heavy (non-hydrogen) atoms. The number of carbonyl (C=O) groups excluding carboxylic acids is 1. The van der Waals surface area contributed by atoms with Crippen LogP contribution in [0, 0.1) is 5.82 Å². The molecule has 1 aliphatic rings. The number of aromatic nitrogens is 4. The molecule has 1 N–H and O–H groups in total. The van der Waals surface area contributed by atoms with E-state index in [9.17, 15) is 9.18 Å². The Bertz CT molecular complexity index is 1260. The van der Waals surface area contributed by atoms with Crippen LogP contribution in [0.4, 0.5) is 4.39 Å². The number of aromatic amines is 1. The van der Waals surface area contributed by atoms with Crippen LogP contribution in [0.15, 0.2) is 59.9 Å². The van der Waals surface area contributed by atoms with E-state index in [2.05, 4.69) is 27.0 Å². The number of carbonyl (C=O) groups is 1. The van der Waals surface area contributed by atoms with Crippen LogP contribution in [0.1, 0.15) is 48.4 Å². The van der Waals surface area contributed by atoms with Crippen LogP contribution < -0.4 is 0 Å². The fourth-order valence-electron chi connectivity index (χ4n) is 4.46. The Balaban J connectivity index is 1.43. The van der Waals surface area contributed by atoms with Gasteiger partial charge in [-0.15, -0.1) is 10.2 Å². The smallest absolute Gasteiger partial charge is 0.196 e. The van der Waals surface area contributed by atoms with Crippen molar-refractivity contribution >= 4 is 28.4 Å². The van der Waals surface area contributed by atoms with Crippen molar-refractivity contribution in [2.24, 2.45) is 0 Å². The molecule has 0 bridgehead atoms. The largest absolute Gasteiger partial charge is 0.360 e. The molecule has 4 aromatic rings. The molecular formula is C25H26FN5OS. The molecule has 2 aromatic carbocycles. The summed E-state index contributed by atoms with van der Waals surface area (Å²) in [5.41, 5.74) is 2.41. The number of fused-ring (bicyclic) bond motifs is 1. The summed E-state index contributed by atoms with van der Waals surface area (Å²) in [6.07, 6.45) is 5.37. The Morgan fingerprint density at radius 3 is 2.64 bits per heavy atom. The summed E-state index contributed by atoms with van der Waals surface area (Å²) >= 11 is 1.36. The third-order valence-corrected chi connectivity index (χ3v) is 7.21. The number of likely N-dealkylation sites (tertiary alicyclic amines) is 1. The Morgan fingerprint density at radius 1 is 1.09 bits per heavy atom. The predicted molar refractivity (Wildman–Crippen MR) is 129 cm³/mol. The monoisotopic (exact) mass is 463 g/mol. The molecular weight excluding hydrogens is 437 g/mol. The molecule has 5 rings (SSSR count). The van der Waals surface area contributed by atoms with Crippen molar-refractivity contribution in [3.05, 3.63) is 71.9 Å². The second kappa shape index (κ2) is 9.49. The first kappa shape index (κ1) is 21.9. The van der Waals surface area contributed by atoms with Crippen molar-refractivity contribution in [3.63, 3.8) is 0 Å². The van der Waals surface area contributed by atoms with Crippen LogP contribution in [0.25, 0.3) is 16.6 Å². The minimum atomic E-state index is -0.291. The zero-order valence-electron chi connectivity index (χ0n) is 18.5. The highest BCUT2D eigenvalue weighted by molar-refractivity contribution is 7.99. The van der Waals surface area contributed by atoms with Gasteiger partial charge in [-0.05, 0) is 63.2 Å². The number of hydrogen-bond acceptors (Lipinski definition) is 5. The van der Waals surface area contributed by atoms with Crippen LogP contribution in [0.3, 0.4) is 0 Å². The molecule has 3 heterocycles. The van der Waals surface area contributed by atoms with E-state index in [-0.39, 0.29) is 23.4 Å². The minimum Gasteiger partial charge on any atom is -0.360 e. The highest BCUT2D eigenvalue weighted by atomic mass is 32.2. The van der Waals surface area contributed by atoms with Crippen LogP contribution in [-0.4, -0.2) is 49.3 Å². The van der Waals surface area contributed by atoms with Gasteiger partial charge in [0.15, 0.2) is 16.8 Å². The fourth-order valence-corrected chi connectivity index (χ4v) is 5.30. The zero-order valence-corrected chi connectivity index (χ0v) is 19.3. The van der Waals surface area contributed by atoms with Gasteiger partial charge in [0.25, 0.3) is 0 Å². The van der Waals surface area contributed by atoms with Crippen molar-refractivity contribution in [3.8, 4) is 5.69 Å². The third kappa shape index (κ3) is 4.45. The van der Waals surface area contributed by atoms with Gasteiger partial charge in [-0.1, -0.05) is 36.4 Å². The maximum absolute atomic E-state index is 13.6. The van der Waals surface area contributed by atoms with E-state index in [1.807, 2.05) is 28.8 Å². The van der Waals surface area contributed by atoms with Gasteiger partial charge in [0.2, 0.25) is 0 Å². The summed E-state index contributed by atoms with van der Waals surface area (Å²) in [5.74, 6) is 0.780. The second-order valence-electron chi connectivity index (χ2n) is 8.38. The highest BCUT2D eigenvalue weighted by Gasteiger charge is 2.26. The van der Waals surface area contributed by atoms with E-state index in [1.54, 1.807) is 18.3 Å². The number of nitrogens with zero attached hydrogens (tertiary/aromatic N) is 4. The maximum atomic E-state index is 13.6. The maximum Gasteiger partial charge on any atom is 0.196 e. The number of piperidine rings is 1. The average molecular weight is 464 g/mol. The molecule has 0 aliphatic carbocycles. The molecule has 0 unspecified atom stereocenters. The first-order chi connectivity index (χ1) is 16.1. The molecule has 6 nitrogen and oxygen atoms in total. The molecule has 0 amide bonds. The molecule has 0 spiro atoms. The number of thioether (sulfide) groups is 1. The summed E-state index contributed by atoms with van der Waals surface area (Å²) in [6, 6.07) is 14.2. The first-order valence-corrected chi connectivity index (χ1v) is 12.3. The standard InChI is InChI=1S/C25H26FN5OS/c1-17(30-13-5-2-6-14-30)24-28-29-25(31(24)19-11-9-18(26)10-12-19)33-16-23(32)21-15-27-22-8-4-3-7-20(21)22/h3-4,7-12,15,17,27H,2,5-6,13-14,16H2,1H3/t17-/m1/s1. The first-order valence-electron chi connectivity index (χ1n) is 11.3. The Labute approximate surface area is 196 Å². The molecule has 1 saturated heterocycles. The van der Waals surface area contributed by atoms with Gasteiger partial charge < -0.3 is 4.98 Å². The quantitative estimate of drug-likeness (QED) is 0.293. The van der Waals surface area contributed by atoms with Crippen molar-refractivity contribution in [2.75, 3.05) is 18.8 Å². The van der Waals surface area contributed by atoms with Crippen LogP contribution in [0.5, 0.6) is 0 Å². The fraction of sp³-hybridized carbons (Fsp3) is 0.320. The number of Topliss-reactive ketones (excluding diaryl/α,β-unsaturated/α-hetero) is 1. The van der Waals surface area contributed by atoms with Gasteiger partial charge in [0.1, 0.15) is 5.82 Å². The molecule has 8 heteroatoms. The number of hydrogen-bond donors (Lipinski definition) is 1. The van der Waals surface area contributed by atoms with Gasteiger partial charge in [-0.2, -0.15) is 0 Å². The van der Waals surface area contributed by atoms with E-state index in [0.29, 0.717) is 10.7 Å². The average Bonchev–Trinajstić information content (AvgIpc) is 3.48. The molecule has 1 aliphatic heterocycles. The number of benzene rings is 2. The number of nitrogens with one attached hydrogen (secondary N) is 1. The van der Waals surface area contributed by atoms with E-state index < -0.39 is 0 Å². The lowest BCUT2D eigenvalue weighted by Gasteiger charge is -2.31. The number of H-pyrrole nitrogens is 1. The summed E-state index contributed by atoms with van der Waals surface area (Å²) in [7, 11) is 0. The third-order valence-electron chi connectivity index (χ3n) is 6.28. The molecule has 170 valence electrons. The minimum absolute atomic E-state index is 0.0248. The van der Waals surface area contributed by atoms with Gasteiger partial charge in [-0.25, -0.2) is 4.39 Å². The van der Waals surface area contributed by atoms with Gasteiger partial charge >= 0.3 is 0 Å². The zero-order chi connectivity index (χ0) is 22.8. The van der Waals surface area contributed by atoms with Gasteiger partial charge in [0.05, 0.1) is 11.8 Å². The molecule has 1 fully saturated rings. The van der Waals surface area contributed by atoms with Gasteiger partial charge in [0, 0.05) is 28.4 Å². The normalized spacial score (nSPS) is 15.7. The van der Waals surface area contributed by atoms with Crippen molar-refractivity contribution in [1.82, 2.24) is 24.6 Å². The van der Waals surface area contributed by atoms with Crippen molar-refractivity contribution < 1.29 is 9.18 Å². The topological polar surface area (TPSA) is 66.8 Å². The molecule has 0 radical (unpaired) electrons. The van der Waals surface area contributed by atoms with Crippen LogP contribution >= 0.6 is 11.8 Å². The highest BCUT2D eigenvalue weighted by Crippen LogP contribution is 2.30. The lowest BCUT2D eigenvalue weighted by molar-refractivity contribution is 0.102. The molecule has 2 aromatic heterocycles. The van der Waals surface area contributed by atoms with Crippen molar-refractivity contribution in [1.29, 1.82) is 0 Å². The molecule has 0 saturated carbocycles. The summed E-state index contributed by atoms with van der Waals surface area (Å²) in [5, 5.41) is 10.5. The summed E-state index contributed by atoms with van der Waals surface area (Å²) in [4.78, 5) is 18.6. The SMILES string of the molecule is C[C@H](c1nnc(SCC(=O)c2c[nH]c3ccccc23)n1-c1ccc(F)cc1)N1CCCCC1. The molecule has 1 atom stereocenters. The van der Waals surface area contributed by atoms with E-state index in [1.165, 1.54) is 43.2 Å². The number of halogens is 1. The van der Waals surface area contributed by atoms with E-state index >= 15 is 0 Å². The lowest BCUT2D eigenvalue weighted by Crippen LogP contribution is -2.33.